The van der Waals surface area contributed by atoms with Crippen LogP contribution in [0.2, 0.25) is 4.34 Å². The summed E-state index contributed by atoms with van der Waals surface area (Å²) in [4.78, 5) is 23.0. The summed E-state index contributed by atoms with van der Waals surface area (Å²) in [6, 6.07) is 9.24. The van der Waals surface area contributed by atoms with Gasteiger partial charge < -0.3 is 9.57 Å². The number of ether oxygens (including phenoxy) is 1. The van der Waals surface area contributed by atoms with Crippen molar-refractivity contribution in [3.8, 4) is 5.75 Å². The minimum atomic E-state index is -0.669. The predicted molar refractivity (Wildman–Crippen MR) is 100 cm³/mol. The van der Waals surface area contributed by atoms with Gasteiger partial charge in [0.2, 0.25) is 6.10 Å². The van der Waals surface area contributed by atoms with E-state index in [-0.39, 0.29) is 5.91 Å². The third kappa shape index (κ3) is 3.33. The number of carbonyl (C=O) groups is 1. The van der Waals surface area contributed by atoms with Crippen molar-refractivity contribution in [2.24, 2.45) is 5.16 Å². The summed E-state index contributed by atoms with van der Waals surface area (Å²) in [5, 5.41) is 7.32. The average molecular weight is 394 g/mol. The SMILES string of the molecule is COc1ccc2nc(NC(=O)C3CC(c4ccc(Cl)s4)=NO3)sc2c1. The number of nitrogens with zero attached hydrogens (tertiary/aromatic N) is 2. The smallest absolute Gasteiger partial charge is 0.270 e. The maximum atomic E-state index is 12.4. The maximum absolute atomic E-state index is 12.4. The number of amides is 1. The molecule has 1 N–H and O–H groups in total. The number of thiophene rings is 1. The van der Waals surface area contributed by atoms with E-state index in [4.69, 9.17) is 21.2 Å². The Labute approximate surface area is 156 Å². The molecule has 0 spiro atoms. The lowest BCUT2D eigenvalue weighted by Crippen LogP contribution is -2.27. The van der Waals surface area contributed by atoms with Crippen LogP contribution < -0.4 is 10.1 Å². The van der Waals surface area contributed by atoms with Gasteiger partial charge in [0, 0.05) is 6.42 Å². The van der Waals surface area contributed by atoms with E-state index in [1.54, 1.807) is 13.2 Å². The van der Waals surface area contributed by atoms with Crippen LogP contribution in [0, 0.1) is 0 Å². The van der Waals surface area contributed by atoms with Crippen molar-refractivity contribution in [3.63, 3.8) is 0 Å². The van der Waals surface area contributed by atoms with Crippen molar-refractivity contribution in [1.82, 2.24) is 4.98 Å². The van der Waals surface area contributed by atoms with Crippen molar-refractivity contribution in [2.45, 2.75) is 12.5 Å². The van der Waals surface area contributed by atoms with Gasteiger partial charge >= 0.3 is 0 Å². The van der Waals surface area contributed by atoms with Gasteiger partial charge in [0.1, 0.15) is 11.5 Å². The van der Waals surface area contributed by atoms with Crippen LogP contribution in [0.25, 0.3) is 10.2 Å². The highest BCUT2D eigenvalue weighted by molar-refractivity contribution is 7.22. The second-order valence-electron chi connectivity index (χ2n) is 5.28. The minimum Gasteiger partial charge on any atom is -0.497 e. The third-order valence-corrected chi connectivity index (χ3v) is 5.86. The zero-order valence-electron chi connectivity index (χ0n) is 13.0. The van der Waals surface area contributed by atoms with Crippen LogP contribution in [-0.2, 0) is 9.63 Å². The van der Waals surface area contributed by atoms with E-state index in [1.165, 1.54) is 22.7 Å². The molecule has 0 aliphatic carbocycles. The summed E-state index contributed by atoms with van der Waals surface area (Å²) in [7, 11) is 1.61. The number of anilines is 1. The number of carbonyl (C=O) groups excluding carboxylic acids is 1. The van der Waals surface area contributed by atoms with Crippen LogP contribution in [0.4, 0.5) is 5.13 Å². The highest BCUT2D eigenvalue weighted by atomic mass is 35.5. The molecule has 0 radical (unpaired) electrons. The lowest BCUT2D eigenvalue weighted by molar-refractivity contribution is -0.125. The number of hydrogen-bond donors (Lipinski definition) is 1. The van der Waals surface area contributed by atoms with E-state index < -0.39 is 6.10 Å². The lowest BCUT2D eigenvalue weighted by Gasteiger charge is -2.06. The van der Waals surface area contributed by atoms with Crippen LogP contribution in [0.3, 0.4) is 0 Å². The van der Waals surface area contributed by atoms with Gasteiger partial charge in [-0.25, -0.2) is 4.98 Å². The number of methoxy groups -OCH3 is 1. The number of thiazole rings is 1. The summed E-state index contributed by atoms with van der Waals surface area (Å²) in [5.74, 6) is 0.480. The monoisotopic (exact) mass is 393 g/mol. The summed E-state index contributed by atoms with van der Waals surface area (Å²) in [5.41, 5.74) is 1.53. The molecule has 3 heterocycles. The molecule has 6 nitrogen and oxygen atoms in total. The maximum Gasteiger partial charge on any atom is 0.270 e. The largest absolute Gasteiger partial charge is 0.497 e. The Morgan fingerprint density at radius 1 is 1.36 bits per heavy atom. The number of aromatic nitrogens is 1. The number of oxime groups is 1. The molecule has 0 saturated carbocycles. The van der Waals surface area contributed by atoms with Gasteiger partial charge in [0.05, 0.1) is 26.5 Å². The summed E-state index contributed by atoms with van der Waals surface area (Å²) >= 11 is 8.73. The number of benzene rings is 1. The predicted octanol–water partition coefficient (Wildman–Crippen LogP) is 4.15. The molecule has 1 atom stereocenters. The molecule has 3 aromatic rings. The van der Waals surface area contributed by atoms with Crippen LogP contribution in [-0.4, -0.2) is 29.8 Å². The van der Waals surface area contributed by atoms with Gasteiger partial charge in [0.15, 0.2) is 5.13 Å². The van der Waals surface area contributed by atoms with Gasteiger partial charge in [-0.15, -0.1) is 11.3 Å². The van der Waals surface area contributed by atoms with E-state index >= 15 is 0 Å². The van der Waals surface area contributed by atoms with Crippen molar-refractivity contribution in [1.29, 1.82) is 0 Å². The van der Waals surface area contributed by atoms with E-state index in [0.717, 1.165) is 26.6 Å². The van der Waals surface area contributed by atoms with Crippen molar-refractivity contribution >= 4 is 61.2 Å². The Hall–Kier alpha value is -2.16. The normalized spacial score (nSPS) is 16.6. The molecule has 9 heteroatoms. The standard InChI is InChI=1S/C16H12ClN3O3S2/c1-22-8-2-3-9-13(6-8)25-16(18-9)19-15(21)11-7-10(20-23-11)12-4-5-14(17)24-12/h2-6,11H,7H2,1H3,(H,18,19,21). The Kier molecular flexibility index (Phi) is 4.32. The van der Waals surface area contributed by atoms with Gasteiger partial charge in [-0.05, 0) is 30.3 Å². The Morgan fingerprint density at radius 3 is 3.00 bits per heavy atom. The fourth-order valence-corrected chi connectivity index (χ4v) is 4.33. The fourth-order valence-electron chi connectivity index (χ4n) is 2.40. The average Bonchev–Trinajstić information content (AvgIpc) is 3.32. The van der Waals surface area contributed by atoms with Gasteiger partial charge in [0.25, 0.3) is 5.91 Å². The molecule has 4 rings (SSSR count). The number of hydrogen-bond acceptors (Lipinski definition) is 7. The first-order valence-corrected chi connectivity index (χ1v) is 9.37. The number of fused-ring (bicyclic) bond motifs is 1. The minimum absolute atomic E-state index is 0.271. The zero-order valence-corrected chi connectivity index (χ0v) is 15.4. The highest BCUT2D eigenvalue weighted by Crippen LogP contribution is 2.30. The lowest BCUT2D eigenvalue weighted by atomic mass is 10.1. The van der Waals surface area contributed by atoms with Crippen LogP contribution in [0.5, 0.6) is 5.75 Å². The topological polar surface area (TPSA) is 72.8 Å². The van der Waals surface area contributed by atoms with E-state index in [9.17, 15) is 4.79 Å². The molecule has 1 unspecified atom stereocenters. The molecule has 1 aliphatic rings. The molecule has 0 saturated heterocycles. The number of halogens is 1. The van der Waals surface area contributed by atoms with Crippen molar-refractivity contribution in [2.75, 3.05) is 12.4 Å². The molecule has 1 amide bonds. The number of nitrogens with one attached hydrogen (secondary N) is 1. The van der Waals surface area contributed by atoms with Gasteiger partial charge in [-0.3, -0.25) is 10.1 Å². The van der Waals surface area contributed by atoms with Crippen LogP contribution in [0.15, 0.2) is 35.5 Å². The van der Waals surface area contributed by atoms with Crippen LogP contribution >= 0.6 is 34.3 Å². The van der Waals surface area contributed by atoms with E-state index in [1.807, 2.05) is 24.3 Å². The van der Waals surface area contributed by atoms with Crippen molar-refractivity contribution in [3.05, 3.63) is 39.5 Å². The Morgan fingerprint density at radius 2 is 2.24 bits per heavy atom. The molecular weight excluding hydrogens is 382 g/mol. The summed E-state index contributed by atoms with van der Waals surface area (Å²) < 4.78 is 6.81. The molecule has 2 aromatic heterocycles. The molecule has 1 aliphatic heterocycles. The highest BCUT2D eigenvalue weighted by Gasteiger charge is 2.30. The Balaban J connectivity index is 1.44. The quantitative estimate of drug-likeness (QED) is 0.722. The molecule has 25 heavy (non-hydrogen) atoms. The van der Waals surface area contributed by atoms with Crippen molar-refractivity contribution < 1.29 is 14.4 Å². The first kappa shape index (κ1) is 16.3. The van der Waals surface area contributed by atoms with Gasteiger partial charge in [-0.2, -0.15) is 0 Å². The second kappa shape index (κ2) is 6.62. The second-order valence-corrected chi connectivity index (χ2v) is 8.03. The molecule has 1 aromatic carbocycles. The van der Waals surface area contributed by atoms with E-state index in [0.29, 0.717) is 15.9 Å². The molecular formula is C16H12ClN3O3S2. The molecule has 0 fully saturated rings. The third-order valence-electron chi connectivity index (χ3n) is 3.64. The van der Waals surface area contributed by atoms with E-state index in [2.05, 4.69) is 15.5 Å². The fraction of sp³-hybridized carbons (Fsp3) is 0.188. The molecule has 128 valence electrons. The molecule has 0 bridgehead atoms. The number of rotatable bonds is 4. The zero-order chi connectivity index (χ0) is 17.4. The summed E-state index contributed by atoms with van der Waals surface area (Å²) in [6.45, 7) is 0. The first-order chi connectivity index (χ1) is 12.1. The van der Waals surface area contributed by atoms with Gasteiger partial charge in [-0.1, -0.05) is 28.1 Å². The first-order valence-electron chi connectivity index (χ1n) is 7.36. The van der Waals surface area contributed by atoms with Crippen LogP contribution in [0.1, 0.15) is 11.3 Å². The summed E-state index contributed by atoms with van der Waals surface area (Å²) in [6.07, 6.45) is -0.265. The Bertz CT molecular complexity index is 982.